The lowest BCUT2D eigenvalue weighted by Gasteiger charge is -2.00. The molecule has 0 aliphatic carbocycles. The number of hydrogen-bond acceptors (Lipinski definition) is 6. The summed E-state index contributed by atoms with van der Waals surface area (Å²) in [6.07, 6.45) is 2.48. The van der Waals surface area contributed by atoms with E-state index in [1.165, 1.54) is 18.5 Å². The minimum atomic E-state index is -0.508. The van der Waals surface area contributed by atoms with Crippen molar-refractivity contribution >= 4 is 34.7 Å². The number of amides is 1. The lowest BCUT2D eigenvalue weighted by molar-refractivity contribution is 0.0950. The first-order valence-corrected chi connectivity index (χ1v) is 9.17. The van der Waals surface area contributed by atoms with Crippen molar-refractivity contribution in [2.24, 2.45) is 5.10 Å². The molecule has 1 amide bonds. The van der Waals surface area contributed by atoms with Crippen molar-refractivity contribution in [2.75, 3.05) is 7.11 Å². The molecule has 0 spiro atoms. The van der Waals surface area contributed by atoms with Gasteiger partial charge in [0.1, 0.15) is 23.3 Å². The smallest absolute Gasteiger partial charge is 0.289 e. The summed E-state index contributed by atoms with van der Waals surface area (Å²) in [5.41, 5.74) is 4.27. The molecule has 0 atom stereocenters. The SMILES string of the molecule is COc1ccc(-c2cc(C(=O)N/N=C/c3coc4ccc(Cl)cc4c3=O)[nH]n2)cc1. The van der Waals surface area contributed by atoms with Crippen molar-refractivity contribution in [3.05, 3.63) is 81.3 Å². The molecule has 0 aliphatic heterocycles. The maximum Gasteiger partial charge on any atom is 0.289 e. The Kier molecular flexibility index (Phi) is 5.32. The number of fused-ring (bicyclic) bond motifs is 1. The standard InChI is InChI=1S/C21H15ClN4O4/c1-29-15-5-2-12(3-6-15)17-9-18(25-24-17)21(28)26-23-10-13-11-30-19-7-4-14(22)8-16(19)20(13)27/h2-11H,1H3,(H,24,25)(H,26,28)/b23-10+. The molecule has 2 heterocycles. The van der Waals surface area contributed by atoms with Gasteiger partial charge in [0.05, 0.1) is 30.0 Å². The molecule has 150 valence electrons. The van der Waals surface area contributed by atoms with E-state index in [9.17, 15) is 9.59 Å². The van der Waals surface area contributed by atoms with Crippen molar-refractivity contribution < 1.29 is 13.9 Å². The van der Waals surface area contributed by atoms with Crippen LogP contribution in [0.3, 0.4) is 0 Å². The maximum absolute atomic E-state index is 12.5. The molecule has 2 aromatic carbocycles. The van der Waals surface area contributed by atoms with Crippen molar-refractivity contribution in [1.82, 2.24) is 15.6 Å². The molecule has 0 fully saturated rings. The van der Waals surface area contributed by atoms with E-state index < -0.39 is 5.91 Å². The molecule has 2 N–H and O–H groups in total. The summed E-state index contributed by atoms with van der Waals surface area (Å²) in [7, 11) is 1.59. The molecule has 4 rings (SSSR count). The second kappa shape index (κ2) is 8.22. The van der Waals surface area contributed by atoms with Crippen LogP contribution in [0.4, 0.5) is 0 Å². The Hall–Kier alpha value is -3.91. The van der Waals surface area contributed by atoms with Gasteiger partial charge in [-0.25, -0.2) is 5.43 Å². The van der Waals surface area contributed by atoms with E-state index in [1.807, 2.05) is 12.1 Å². The van der Waals surface area contributed by atoms with Crippen LogP contribution in [0.5, 0.6) is 5.75 Å². The number of nitrogens with zero attached hydrogens (tertiary/aromatic N) is 2. The Bertz CT molecular complexity index is 1310. The number of rotatable bonds is 5. The van der Waals surface area contributed by atoms with Crippen molar-refractivity contribution in [2.45, 2.75) is 0 Å². The first-order valence-electron chi connectivity index (χ1n) is 8.79. The zero-order valence-corrected chi connectivity index (χ0v) is 16.4. The van der Waals surface area contributed by atoms with Gasteiger partial charge in [-0.15, -0.1) is 0 Å². The van der Waals surface area contributed by atoms with Crippen LogP contribution in [0, 0.1) is 0 Å². The molecule has 8 nitrogen and oxygen atoms in total. The minimum Gasteiger partial charge on any atom is -0.497 e. The van der Waals surface area contributed by atoms with E-state index in [0.717, 1.165) is 11.3 Å². The number of carbonyl (C=O) groups is 1. The molecular formula is C21H15ClN4O4. The Morgan fingerprint density at radius 3 is 2.80 bits per heavy atom. The molecule has 0 saturated carbocycles. The number of hydrazone groups is 1. The molecule has 2 aromatic heterocycles. The lowest BCUT2D eigenvalue weighted by atomic mass is 10.1. The number of hydrogen-bond donors (Lipinski definition) is 2. The van der Waals surface area contributed by atoms with Crippen LogP contribution in [-0.4, -0.2) is 29.4 Å². The predicted octanol–water partition coefficient (Wildman–Crippen LogP) is 3.61. The van der Waals surface area contributed by atoms with E-state index in [2.05, 4.69) is 20.7 Å². The zero-order valence-electron chi connectivity index (χ0n) is 15.7. The number of H-pyrrole nitrogens is 1. The summed E-state index contributed by atoms with van der Waals surface area (Å²) in [5, 5.41) is 11.4. The largest absolute Gasteiger partial charge is 0.497 e. The summed E-state index contributed by atoms with van der Waals surface area (Å²) in [4.78, 5) is 24.8. The number of methoxy groups -OCH3 is 1. The average Bonchev–Trinajstić information content (AvgIpc) is 3.26. The highest BCUT2D eigenvalue weighted by Crippen LogP contribution is 2.21. The fourth-order valence-corrected chi connectivity index (χ4v) is 2.95. The van der Waals surface area contributed by atoms with E-state index >= 15 is 0 Å². The van der Waals surface area contributed by atoms with Gasteiger partial charge in [0.15, 0.2) is 0 Å². The van der Waals surface area contributed by atoms with E-state index in [0.29, 0.717) is 21.7 Å². The number of nitrogens with one attached hydrogen (secondary N) is 2. The van der Waals surface area contributed by atoms with Gasteiger partial charge in [0.2, 0.25) is 5.43 Å². The van der Waals surface area contributed by atoms with E-state index in [1.54, 1.807) is 37.4 Å². The number of aromatic nitrogens is 2. The topological polar surface area (TPSA) is 110 Å². The summed E-state index contributed by atoms with van der Waals surface area (Å²) >= 11 is 5.93. The number of halogens is 1. The average molecular weight is 423 g/mol. The number of benzene rings is 2. The zero-order chi connectivity index (χ0) is 21.1. The molecule has 9 heteroatoms. The van der Waals surface area contributed by atoms with Crippen LogP contribution < -0.4 is 15.6 Å². The minimum absolute atomic E-state index is 0.175. The molecule has 30 heavy (non-hydrogen) atoms. The first-order chi connectivity index (χ1) is 14.5. The van der Waals surface area contributed by atoms with Crippen molar-refractivity contribution in [3.63, 3.8) is 0 Å². The Labute approximate surface area is 175 Å². The lowest BCUT2D eigenvalue weighted by Crippen LogP contribution is -2.19. The molecule has 0 bridgehead atoms. The van der Waals surface area contributed by atoms with Crippen LogP contribution >= 0.6 is 11.6 Å². The Balaban J connectivity index is 1.48. The maximum atomic E-state index is 12.5. The normalized spacial score (nSPS) is 11.1. The third-order valence-corrected chi connectivity index (χ3v) is 4.57. The monoisotopic (exact) mass is 422 g/mol. The summed E-state index contributed by atoms with van der Waals surface area (Å²) in [6, 6.07) is 13.6. The van der Waals surface area contributed by atoms with E-state index in [4.69, 9.17) is 20.8 Å². The van der Waals surface area contributed by atoms with Crippen LogP contribution in [0.15, 0.2) is 69.1 Å². The highest BCUT2D eigenvalue weighted by molar-refractivity contribution is 6.31. The van der Waals surface area contributed by atoms with Gasteiger partial charge in [-0.2, -0.15) is 10.2 Å². The molecule has 0 radical (unpaired) electrons. The number of aromatic amines is 1. The van der Waals surface area contributed by atoms with Gasteiger partial charge >= 0.3 is 0 Å². The van der Waals surface area contributed by atoms with Gasteiger partial charge in [0.25, 0.3) is 5.91 Å². The van der Waals surface area contributed by atoms with Crippen LogP contribution in [0.2, 0.25) is 5.02 Å². The quantitative estimate of drug-likeness (QED) is 0.377. The van der Waals surface area contributed by atoms with Gasteiger partial charge in [0, 0.05) is 10.6 Å². The summed E-state index contributed by atoms with van der Waals surface area (Å²) < 4.78 is 10.5. The third kappa shape index (κ3) is 3.94. The highest BCUT2D eigenvalue weighted by atomic mass is 35.5. The van der Waals surface area contributed by atoms with Gasteiger partial charge in [-0.3, -0.25) is 14.7 Å². The number of ether oxygens (including phenoxy) is 1. The third-order valence-electron chi connectivity index (χ3n) is 4.34. The fourth-order valence-electron chi connectivity index (χ4n) is 2.78. The summed E-state index contributed by atoms with van der Waals surface area (Å²) in [5.74, 6) is 0.216. The Morgan fingerprint density at radius 1 is 1.23 bits per heavy atom. The van der Waals surface area contributed by atoms with Gasteiger partial charge < -0.3 is 9.15 Å². The second-order valence-electron chi connectivity index (χ2n) is 6.26. The van der Waals surface area contributed by atoms with Crippen LogP contribution in [0.1, 0.15) is 16.1 Å². The molecular weight excluding hydrogens is 408 g/mol. The molecule has 0 saturated heterocycles. The van der Waals surface area contributed by atoms with Crippen molar-refractivity contribution in [3.8, 4) is 17.0 Å². The predicted molar refractivity (Wildman–Crippen MR) is 113 cm³/mol. The first kappa shape index (κ1) is 19.4. The fraction of sp³-hybridized carbons (Fsp3) is 0.0476. The van der Waals surface area contributed by atoms with Gasteiger partial charge in [-0.1, -0.05) is 11.6 Å². The van der Waals surface area contributed by atoms with Crippen LogP contribution in [0.25, 0.3) is 22.2 Å². The van der Waals surface area contributed by atoms with Crippen LogP contribution in [-0.2, 0) is 0 Å². The molecule has 4 aromatic rings. The van der Waals surface area contributed by atoms with Gasteiger partial charge in [-0.05, 0) is 48.5 Å². The molecule has 0 unspecified atom stereocenters. The van der Waals surface area contributed by atoms with E-state index in [-0.39, 0.29) is 16.7 Å². The highest BCUT2D eigenvalue weighted by Gasteiger charge is 2.11. The molecule has 0 aliphatic rings. The Morgan fingerprint density at radius 2 is 2.03 bits per heavy atom. The summed E-state index contributed by atoms with van der Waals surface area (Å²) in [6.45, 7) is 0. The number of carbonyl (C=O) groups excluding carboxylic acids is 1. The second-order valence-corrected chi connectivity index (χ2v) is 6.69. The van der Waals surface area contributed by atoms with Crippen molar-refractivity contribution in [1.29, 1.82) is 0 Å².